The van der Waals surface area contributed by atoms with Crippen molar-refractivity contribution in [3.63, 3.8) is 0 Å². The zero-order chi connectivity index (χ0) is 15.1. The Morgan fingerprint density at radius 3 is 2.65 bits per heavy atom. The Bertz CT molecular complexity index is 491. The molecule has 0 aliphatic heterocycles. The predicted molar refractivity (Wildman–Crippen MR) is 72.5 cm³/mol. The number of nitrogens with zero attached hydrogens (tertiary/aromatic N) is 1. The van der Waals surface area contributed by atoms with Gasteiger partial charge in [0.05, 0.1) is 20.2 Å². The summed E-state index contributed by atoms with van der Waals surface area (Å²) in [4.78, 5) is 24.2. The van der Waals surface area contributed by atoms with Crippen LogP contribution in [0.1, 0.15) is 11.1 Å². The van der Waals surface area contributed by atoms with Crippen LogP contribution in [0.25, 0.3) is 0 Å². The lowest BCUT2D eigenvalue weighted by Gasteiger charge is -2.14. The first-order valence-electron chi connectivity index (χ1n) is 6.19. The van der Waals surface area contributed by atoms with Crippen molar-refractivity contribution in [3.8, 4) is 0 Å². The van der Waals surface area contributed by atoms with Crippen LogP contribution < -0.4 is 5.32 Å². The monoisotopic (exact) mass is 282 g/mol. The molecule has 6 heteroatoms. The summed E-state index contributed by atoms with van der Waals surface area (Å²) in [5.74, 6) is -0.870. The Labute approximate surface area is 117 Å². The van der Waals surface area contributed by atoms with Crippen LogP contribution in [0.5, 0.6) is 0 Å². The molecule has 0 fully saturated rings. The van der Waals surface area contributed by atoms with Crippen LogP contribution in [0.3, 0.4) is 0 Å². The molecule has 1 aromatic rings. The Kier molecular flexibility index (Phi) is 6.11. The van der Waals surface area contributed by atoms with Crippen molar-refractivity contribution >= 4 is 11.9 Å². The van der Waals surface area contributed by atoms with Gasteiger partial charge in [0.2, 0.25) is 5.91 Å². The second-order valence-electron chi connectivity index (χ2n) is 4.61. The number of nitrogens with one attached hydrogen (secondary N) is 1. The highest BCUT2D eigenvalue weighted by molar-refractivity contribution is 5.79. The van der Waals surface area contributed by atoms with E-state index < -0.39 is 5.97 Å². The molecule has 0 atom stereocenters. The average molecular weight is 282 g/mol. The van der Waals surface area contributed by atoms with Gasteiger partial charge in [0, 0.05) is 6.54 Å². The molecule has 0 heterocycles. The van der Waals surface area contributed by atoms with Crippen molar-refractivity contribution in [3.05, 3.63) is 35.1 Å². The van der Waals surface area contributed by atoms with Gasteiger partial charge >= 0.3 is 5.97 Å². The minimum absolute atomic E-state index is 0.0551. The molecule has 20 heavy (non-hydrogen) atoms. The lowest BCUT2D eigenvalue weighted by molar-refractivity contribution is -0.141. The maximum Gasteiger partial charge on any atom is 0.319 e. The van der Waals surface area contributed by atoms with Gasteiger partial charge < -0.3 is 10.1 Å². The zero-order valence-corrected chi connectivity index (χ0v) is 11.9. The lowest BCUT2D eigenvalue weighted by atomic mass is 10.1. The first-order valence-corrected chi connectivity index (χ1v) is 6.19. The predicted octanol–water partition coefficient (Wildman–Crippen LogP) is 0.855. The highest BCUT2D eigenvalue weighted by Crippen LogP contribution is 2.08. The first kappa shape index (κ1) is 16.1. The van der Waals surface area contributed by atoms with Gasteiger partial charge in [0.25, 0.3) is 0 Å². The average Bonchev–Trinajstić information content (AvgIpc) is 2.39. The Balaban J connectivity index is 2.39. The smallest absolute Gasteiger partial charge is 0.319 e. The molecule has 5 nitrogen and oxygen atoms in total. The number of hydrogen-bond donors (Lipinski definition) is 1. The van der Waals surface area contributed by atoms with Gasteiger partial charge in [-0.2, -0.15) is 0 Å². The molecule has 0 spiro atoms. The second kappa shape index (κ2) is 7.59. The molecule has 110 valence electrons. The summed E-state index contributed by atoms with van der Waals surface area (Å²) in [5, 5.41) is 2.71. The van der Waals surface area contributed by atoms with E-state index in [9.17, 15) is 14.0 Å². The Morgan fingerprint density at radius 1 is 1.35 bits per heavy atom. The number of ether oxygens (including phenoxy) is 1. The summed E-state index contributed by atoms with van der Waals surface area (Å²) in [7, 11) is 2.95. The molecule has 0 aromatic heterocycles. The molecule has 0 unspecified atom stereocenters. The molecule has 1 amide bonds. The molecular weight excluding hydrogens is 263 g/mol. The molecule has 0 radical (unpaired) electrons. The maximum absolute atomic E-state index is 13.1. The SMILES string of the molecule is COC(=O)CN(C)CC(=O)NCc1ccc(F)c(C)c1. The largest absolute Gasteiger partial charge is 0.468 e. The minimum atomic E-state index is -0.394. The third-order valence-electron chi connectivity index (χ3n) is 2.75. The van der Waals surface area contributed by atoms with Gasteiger partial charge in [-0.15, -0.1) is 0 Å². The Hall–Kier alpha value is -1.95. The fraction of sp³-hybridized carbons (Fsp3) is 0.429. The minimum Gasteiger partial charge on any atom is -0.468 e. The van der Waals surface area contributed by atoms with Gasteiger partial charge in [-0.25, -0.2) is 4.39 Å². The summed E-state index contributed by atoms with van der Waals surface area (Å²) < 4.78 is 17.6. The molecule has 0 aliphatic carbocycles. The Morgan fingerprint density at radius 2 is 2.05 bits per heavy atom. The normalized spacial score (nSPS) is 10.4. The van der Waals surface area contributed by atoms with Crippen molar-refractivity contribution in [2.45, 2.75) is 13.5 Å². The van der Waals surface area contributed by atoms with E-state index >= 15 is 0 Å². The molecule has 1 aromatic carbocycles. The molecule has 0 aliphatic rings. The zero-order valence-electron chi connectivity index (χ0n) is 11.9. The second-order valence-corrected chi connectivity index (χ2v) is 4.61. The number of carbonyl (C=O) groups is 2. The van der Waals surface area contributed by atoms with E-state index in [0.717, 1.165) is 5.56 Å². The lowest BCUT2D eigenvalue weighted by Crippen LogP contribution is -2.37. The van der Waals surface area contributed by atoms with Gasteiger partial charge in [-0.05, 0) is 31.2 Å². The van der Waals surface area contributed by atoms with Crippen molar-refractivity contribution < 1.29 is 18.7 Å². The standard InChI is InChI=1S/C14H19FN2O3/c1-10-6-11(4-5-12(10)15)7-16-13(18)8-17(2)9-14(19)20-3/h4-6H,7-9H2,1-3H3,(H,16,18). The van der Waals surface area contributed by atoms with Crippen molar-refractivity contribution in [2.24, 2.45) is 0 Å². The van der Waals surface area contributed by atoms with E-state index in [4.69, 9.17) is 0 Å². The third kappa shape index (κ3) is 5.36. The summed E-state index contributed by atoms with van der Waals surface area (Å²) in [6.45, 7) is 2.14. The van der Waals surface area contributed by atoms with Crippen LogP contribution in [0, 0.1) is 12.7 Å². The molecular formula is C14H19FN2O3. The number of methoxy groups -OCH3 is 1. The highest BCUT2D eigenvalue weighted by atomic mass is 19.1. The van der Waals surface area contributed by atoms with Crippen molar-refractivity contribution in [2.75, 3.05) is 27.2 Å². The number of aryl methyl sites for hydroxylation is 1. The third-order valence-corrected chi connectivity index (χ3v) is 2.75. The van der Waals surface area contributed by atoms with E-state index in [-0.39, 0.29) is 24.8 Å². The van der Waals surface area contributed by atoms with Gasteiger partial charge in [0.15, 0.2) is 0 Å². The van der Waals surface area contributed by atoms with Gasteiger partial charge in [-0.1, -0.05) is 12.1 Å². The van der Waals surface area contributed by atoms with E-state index in [1.165, 1.54) is 13.2 Å². The molecule has 1 N–H and O–H groups in total. The molecule has 0 saturated carbocycles. The van der Waals surface area contributed by atoms with Crippen molar-refractivity contribution in [1.82, 2.24) is 10.2 Å². The number of benzene rings is 1. The van der Waals surface area contributed by atoms with Crippen LogP contribution in [0.4, 0.5) is 4.39 Å². The number of halogens is 1. The van der Waals surface area contributed by atoms with Crippen LogP contribution in [-0.2, 0) is 20.9 Å². The van der Waals surface area contributed by atoms with Crippen LogP contribution in [0.2, 0.25) is 0 Å². The first-order chi connectivity index (χ1) is 9.42. The van der Waals surface area contributed by atoms with Gasteiger partial charge in [-0.3, -0.25) is 14.5 Å². The van der Waals surface area contributed by atoms with E-state index in [1.54, 1.807) is 31.0 Å². The number of esters is 1. The summed E-state index contributed by atoms with van der Waals surface area (Å²) in [5.41, 5.74) is 1.37. The number of hydrogen-bond acceptors (Lipinski definition) is 4. The molecule has 0 saturated heterocycles. The fourth-order valence-corrected chi connectivity index (χ4v) is 1.66. The number of likely N-dealkylation sites (N-methyl/N-ethyl adjacent to an activating group) is 1. The van der Waals surface area contributed by atoms with E-state index in [1.807, 2.05) is 0 Å². The van der Waals surface area contributed by atoms with Gasteiger partial charge in [0.1, 0.15) is 5.82 Å². The molecule has 1 rings (SSSR count). The number of amides is 1. The summed E-state index contributed by atoms with van der Waals surface area (Å²) in [6.07, 6.45) is 0. The van der Waals surface area contributed by atoms with E-state index in [0.29, 0.717) is 12.1 Å². The fourth-order valence-electron chi connectivity index (χ4n) is 1.66. The van der Waals surface area contributed by atoms with Crippen molar-refractivity contribution in [1.29, 1.82) is 0 Å². The summed E-state index contributed by atoms with van der Waals surface area (Å²) in [6, 6.07) is 4.69. The number of carbonyl (C=O) groups excluding carboxylic acids is 2. The number of rotatable bonds is 6. The molecule has 0 bridgehead atoms. The van der Waals surface area contributed by atoms with Crippen LogP contribution in [-0.4, -0.2) is 44.0 Å². The summed E-state index contributed by atoms with van der Waals surface area (Å²) >= 11 is 0. The topological polar surface area (TPSA) is 58.6 Å². The van der Waals surface area contributed by atoms with E-state index in [2.05, 4.69) is 10.1 Å². The van der Waals surface area contributed by atoms with Crippen LogP contribution in [0.15, 0.2) is 18.2 Å². The van der Waals surface area contributed by atoms with Crippen LogP contribution >= 0.6 is 0 Å². The maximum atomic E-state index is 13.1. The highest BCUT2D eigenvalue weighted by Gasteiger charge is 2.10. The quantitative estimate of drug-likeness (QED) is 0.786.